The Morgan fingerprint density at radius 2 is 2.00 bits per heavy atom. The molecule has 2 aromatic carbocycles. The van der Waals surface area contributed by atoms with Crippen LogP contribution < -0.4 is 4.72 Å². The number of hydrogen-bond acceptors (Lipinski definition) is 6. The van der Waals surface area contributed by atoms with Gasteiger partial charge < -0.3 is 0 Å². The lowest BCUT2D eigenvalue weighted by atomic mass is 10.0. The summed E-state index contributed by atoms with van der Waals surface area (Å²) in [5.41, 5.74) is 2.34. The molecule has 1 aliphatic rings. The molecule has 0 spiro atoms. The highest BCUT2D eigenvalue weighted by molar-refractivity contribution is 7.90. The van der Waals surface area contributed by atoms with Gasteiger partial charge in [-0.2, -0.15) is 5.06 Å². The SMILES string of the molecule is Cc1cccc(CNS(=O)(=O)C2CON(C)C2c2cccc([N+](=O)[O-])c2)c1. The van der Waals surface area contributed by atoms with Crippen LogP contribution >= 0.6 is 0 Å². The number of aryl methyl sites for hydroxylation is 1. The van der Waals surface area contributed by atoms with Crippen LogP contribution in [0.1, 0.15) is 22.7 Å². The number of nitro benzene ring substituents is 1. The van der Waals surface area contributed by atoms with Crippen molar-refractivity contribution in [1.82, 2.24) is 9.79 Å². The molecule has 1 heterocycles. The van der Waals surface area contributed by atoms with E-state index < -0.39 is 26.2 Å². The molecular weight excluding hydrogens is 370 g/mol. The van der Waals surface area contributed by atoms with Crippen LogP contribution in [0.5, 0.6) is 0 Å². The van der Waals surface area contributed by atoms with E-state index in [-0.39, 0.29) is 18.8 Å². The molecule has 1 N–H and O–H groups in total. The predicted molar refractivity (Wildman–Crippen MR) is 100 cm³/mol. The molecule has 1 saturated heterocycles. The molecule has 3 rings (SSSR count). The topological polar surface area (TPSA) is 102 Å². The van der Waals surface area contributed by atoms with Gasteiger partial charge in [-0.25, -0.2) is 13.1 Å². The van der Waals surface area contributed by atoms with Crippen LogP contribution in [0.4, 0.5) is 5.69 Å². The summed E-state index contributed by atoms with van der Waals surface area (Å²) in [5, 5.41) is 11.6. The number of nitro groups is 1. The van der Waals surface area contributed by atoms with Crippen LogP contribution in [0, 0.1) is 17.0 Å². The first-order chi connectivity index (χ1) is 12.8. The summed E-state index contributed by atoms with van der Waals surface area (Å²) in [7, 11) is -2.10. The molecule has 9 heteroatoms. The van der Waals surface area contributed by atoms with Gasteiger partial charge in [-0.05, 0) is 18.1 Å². The standard InChI is InChI=1S/C18H21N3O5S/c1-13-5-3-6-14(9-13)11-19-27(24,25)17-12-26-20(2)18(17)15-7-4-8-16(10-15)21(22)23/h3-10,17-19H,11-12H2,1-2H3. The lowest BCUT2D eigenvalue weighted by Gasteiger charge is -2.23. The molecule has 144 valence electrons. The van der Waals surface area contributed by atoms with Crippen molar-refractivity contribution >= 4 is 15.7 Å². The largest absolute Gasteiger partial charge is 0.297 e. The molecule has 8 nitrogen and oxygen atoms in total. The number of benzene rings is 2. The minimum Gasteiger partial charge on any atom is -0.297 e. The molecule has 0 aliphatic carbocycles. The van der Waals surface area contributed by atoms with Crippen molar-refractivity contribution in [2.24, 2.45) is 0 Å². The summed E-state index contributed by atoms with van der Waals surface area (Å²) in [6.07, 6.45) is 0. The smallest absolute Gasteiger partial charge is 0.269 e. The van der Waals surface area contributed by atoms with E-state index in [1.165, 1.54) is 17.2 Å². The Morgan fingerprint density at radius 1 is 1.26 bits per heavy atom. The Labute approximate surface area is 157 Å². The van der Waals surface area contributed by atoms with Gasteiger partial charge in [0.2, 0.25) is 10.0 Å². The third-order valence-corrected chi connectivity index (χ3v) is 6.31. The second-order valence-corrected chi connectivity index (χ2v) is 8.52. The summed E-state index contributed by atoms with van der Waals surface area (Å²) in [6.45, 7) is 2.09. The Balaban J connectivity index is 1.83. The van der Waals surface area contributed by atoms with Gasteiger partial charge in [0.05, 0.1) is 17.6 Å². The maximum absolute atomic E-state index is 12.9. The normalized spacial score (nSPS) is 20.7. The van der Waals surface area contributed by atoms with E-state index in [1.54, 1.807) is 19.2 Å². The van der Waals surface area contributed by atoms with Crippen molar-refractivity contribution in [3.05, 3.63) is 75.3 Å². The molecule has 2 aromatic rings. The van der Waals surface area contributed by atoms with Crippen LogP contribution in [-0.2, 0) is 21.4 Å². The summed E-state index contributed by atoms with van der Waals surface area (Å²) in [5.74, 6) is 0. The van der Waals surface area contributed by atoms with Gasteiger partial charge in [0, 0.05) is 25.7 Å². The Morgan fingerprint density at radius 3 is 2.70 bits per heavy atom. The van der Waals surface area contributed by atoms with Gasteiger partial charge in [-0.3, -0.25) is 15.0 Å². The summed E-state index contributed by atoms with van der Waals surface area (Å²) < 4.78 is 28.4. The van der Waals surface area contributed by atoms with Crippen molar-refractivity contribution < 1.29 is 18.2 Å². The van der Waals surface area contributed by atoms with Gasteiger partial charge in [-0.15, -0.1) is 0 Å². The van der Waals surface area contributed by atoms with E-state index in [9.17, 15) is 18.5 Å². The fourth-order valence-corrected chi connectivity index (χ4v) is 4.71. The molecule has 27 heavy (non-hydrogen) atoms. The number of non-ortho nitro benzene ring substituents is 1. The van der Waals surface area contributed by atoms with Crippen LogP contribution in [-0.4, -0.2) is 37.3 Å². The number of sulfonamides is 1. The van der Waals surface area contributed by atoms with Crippen molar-refractivity contribution in [2.45, 2.75) is 24.8 Å². The number of nitrogens with one attached hydrogen (secondary N) is 1. The van der Waals surface area contributed by atoms with Crippen LogP contribution in [0.2, 0.25) is 0 Å². The van der Waals surface area contributed by atoms with E-state index in [4.69, 9.17) is 4.84 Å². The highest BCUT2D eigenvalue weighted by Crippen LogP contribution is 2.34. The maximum Gasteiger partial charge on any atom is 0.269 e. The molecule has 1 fully saturated rings. The Bertz CT molecular complexity index is 948. The molecule has 0 aromatic heterocycles. The van der Waals surface area contributed by atoms with E-state index >= 15 is 0 Å². The van der Waals surface area contributed by atoms with Crippen molar-refractivity contribution in [3.63, 3.8) is 0 Å². The molecule has 0 saturated carbocycles. The zero-order valence-corrected chi connectivity index (χ0v) is 15.8. The highest BCUT2D eigenvalue weighted by Gasteiger charge is 2.43. The van der Waals surface area contributed by atoms with Gasteiger partial charge in [0.25, 0.3) is 5.69 Å². The third-order valence-electron chi connectivity index (χ3n) is 4.57. The number of hydroxylamine groups is 2. The highest BCUT2D eigenvalue weighted by atomic mass is 32.2. The minimum absolute atomic E-state index is 0.0208. The van der Waals surface area contributed by atoms with Crippen molar-refractivity contribution in [3.8, 4) is 0 Å². The van der Waals surface area contributed by atoms with Gasteiger partial charge in [0.15, 0.2) is 0 Å². The predicted octanol–water partition coefficient (Wildman–Crippen LogP) is 2.31. The van der Waals surface area contributed by atoms with Crippen molar-refractivity contribution in [1.29, 1.82) is 0 Å². The summed E-state index contributed by atoms with van der Waals surface area (Å²) in [4.78, 5) is 16.0. The molecule has 2 atom stereocenters. The van der Waals surface area contributed by atoms with E-state index in [0.717, 1.165) is 11.1 Å². The minimum atomic E-state index is -3.72. The second-order valence-electron chi connectivity index (χ2n) is 6.53. The van der Waals surface area contributed by atoms with Gasteiger partial charge in [-0.1, -0.05) is 42.0 Å². The number of rotatable bonds is 6. The number of nitrogens with zero attached hydrogens (tertiary/aromatic N) is 2. The molecule has 0 amide bonds. The average Bonchev–Trinajstić information content (AvgIpc) is 3.03. The van der Waals surface area contributed by atoms with Gasteiger partial charge in [0.1, 0.15) is 5.25 Å². The lowest BCUT2D eigenvalue weighted by molar-refractivity contribution is -0.385. The van der Waals surface area contributed by atoms with E-state index in [0.29, 0.717) is 5.56 Å². The van der Waals surface area contributed by atoms with Crippen LogP contribution in [0.25, 0.3) is 0 Å². The summed E-state index contributed by atoms with van der Waals surface area (Å²) in [6, 6.07) is 12.9. The van der Waals surface area contributed by atoms with E-state index in [2.05, 4.69) is 4.72 Å². The maximum atomic E-state index is 12.9. The first-order valence-corrected chi connectivity index (χ1v) is 9.96. The number of hydrogen-bond donors (Lipinski definition) is 1. The molecular formula is C18H21N3O5S. The quantitative estimate of drug-likeness (QED) is 0.599. The average molecular weight is 391 g/mol. The van der Waals surface area contributed by atoms with E-state index in [1.807, 2.05) is 31.2 Å². The zero-order chi connectivity index (χ0) is 19.6. The first-order valence-electron chi connectivity index (χ1n) is 8.42. The molecule has 0 bridgehead atoms. The van der Waals surface area contributed by atoms with Crippen LogP contribution in [0.15, 0.2) is 48.5 Å². The zero-order valence-electron chi connectivity index (χ0n) is 15.0. The summed E-state index contributed by atoms with van der Waals surface area (Å²) >= 11 is 0. The van der Waals surface area contributed by atoms with Crippen molar-refractivity contribution in [2.75, 3.05) is 13.7 Å². The fourth-order valence-electron chi connectivity index (χ4n) is 3.22. The molecule has 0 radical (unpaired) electrons. The first kappa shape index (κ1) is 19.4. The van der Waals surface area contributed by atoms with Crippen LogP contribution in [0.3, 0.4) is 0 Å². The Hall–Kier alpha value is -2.33. The van der Waals surface area contributed by atoms with Gasteiger partial charge >= 0.3 is 0 Å². The Kier molecular flexibility index (Phi) is 5.56. The third kappa shape index (κ3) is 4.33. The second kappa shape index (κ2) is 7.73. The monoisotopic (exact) mass is 391 g/mol. The fraction of sp³-hybridized carbons (Fsp3) is 0.333. The lowest BCUT2D eigenvalue weighted by Crippen LogP contribution is -2.39. The molecule has 2 unspecified atom stereocenters. The molecule has 1 aliphatic heterocycles.